The molecule has 2 unspecified atom stereocenters. The Morgan fingerprint density at radius 2 is 1.70 bits per heavy atom. The van der Waals surface area contributed by atoms with Gasteiger partial charge in [0.15, 0.2) is 0 Å². The van der Waals surface area contributed by atoms with Gasteiger partial charge in [-0.1, -0.05) is 18.9 Å². The molecule has 0 spiro atoms. The van der Waals surface area contributed by atoms with Crippen molar-refractivity contribution in [2.45, 2.75) is 46.0 Å². The maximum Gasteiger partial charge on any atom is 0.228 e. The predicted octanol–water partition coefficient (Wildman–Crippen LogP) is 3.28. The number of carbonyl (C=O) groups is 2. The van der Waals surface area contributed by atoms with E-state index in [1.54, 1.807) is 0 Å². The van der Waals surface area contributed by atoms with Gasteiger partial charge in [-0.3, -0.25) is 9.59 Å². The van der Waals surface area contributed by atoms with Crippen LogP contribution in [0.1, 0.15) is 43.2 Å². The van der Waals surface area contributed by atoms with Crippen LogP contribution in [0.3, 0.4) is 0 Å². The summed E-state index contributed by atoms with van der Waals surface area (Å²) < 4.78 is 0. The molecule has 23 heavy (non-hydrogen) atoms. The average molecular weight is 314 g/mol. The summed E-state index contributed by atoms with van der Waals surface area (Å²) >= 11 is 0. The summed E-state index contributed by atoms with van der Waals surface area (Å²) in [4.78, 5) is 26.9. The van der Waals surface area contributed by atoms with Gasteiger partial charge >= 0.3 is 0 Å². The van der Waals surface area contributed by atoms with Gasteiger partial charge in [0, 0.05) is 18.8 Å². The molecule has 1 aliphatic carbocycles. The van der Waals surface area contributed by atoms with Crippen molar-refractivity contribution in [1.29, 1.82) is 0 Å². The lowest BCUT2D eigenvalue weighted by atomic mass is 10.1. The SMILES string of the molecule is Cc1ccc(NC(=O)C2CC2C(=O)N2CCCCCC2)cc1C. The molecule has 4 nitrogen and oxygen atoms in total. The minimum absolute atomic E-state index is 0.0126. The number of hydrogen-bond acceptors (Lipinski definition) is 2. The first-order chi connectivity index (χ1) is 11.1. The highest BCUT2D eigenvalue weighted by Gasteiger charge is 2.49. The summed E-state index contributed by atoms with van der Waals surface area (Å²) in [6, 6.07) is 5.92. The van der Waals surface area contributed by atoms with Crippen molar-refractivity contribution >= 4 is 17.5 Å². The minimum atomic E-state index is -0.146. The molecule has 3 rings (SSSR count). The van der Waals surface area contributed by atoms with Crippen molar-refractivity contribution in [2.75, 3.05) is 18.4 Å². The number of benzene rings is 1. The number of amides is 2. The fraction of sp³-hybridized carbons (Fsp3) is 0.579. The first-order valence-electron chi connectivity index (χ1n) is 8.73. The Morgan fingerprint density at radius 1 is 1.00 bits per heavy atom. The first-order valence-corrected chi connectivity index (χ1v) is 8.73. The van der Waals surface area contributed by atoms with Crippen LogP contribution in [0.2, 0.25) is 0 Å². The van der Waals surface area contributed by atoms with E-state index in [9.17, 15) is 9.59 Å². The van der Waals surface area contributed by atoms with Gasteiger partial charge in [-0.2, -0.15) is 0 Å². The van der Waals surface area contributed by atoms with Gasteiger partial charge in [0.2, 0.25) is 11.8 Å². The molecule has 1 saturated heterocycles. The summed E-state index contributed by atoms with van der Waals surface area (Å²) in [6.45, 7) is 5.81. The van der Waals surface area contributed by atoms with E-state index < -0.39 is 0 Å². The summed E-state index contributed by atoms with van der Waals surface area (Å²) in [5.74, 6) is -0.0689. The molecule has 1 aliphatic heterocycles. The topological polar surface area (TPSA) is 49.4 Å². The minimum Gasteiger partial charge on any atom is -0.342 e. The summed E-state index contributed by atoms with van der Waals surface area (Å²) in [6.07, 6.45) is 5.32. The van der Waals surface area contributed by atoms with E-state index in [4.69, 9.17) is 0 Å². The number of hydrogen-bond donors (Lipinski definition) is 1. The molecular formula is C19H26N2O2. The molecule has 0 bridgehead atoms. The second kappa shape index (κ2) is 6.73. The average Bonchev–Trinajstić information content (AvgIpc) is 3.33. The molecule has 1 saturated carbocycles. The van der Waals surface area contributed by atoms with E-state index >= 15 is 0 Å². The lowest BCUT2D eigenvalue weighted by Crippen LogP contribution is -2.34. The van der Waals surface area contributed by atoms with Gasteiger partial charge in [-0.15, -0.1) is 0 Å². The zero-order valence-electron chi connectivity index (χ0n) is 14.1. The maximum absolute atomic E-state index is 12.5. The normalized spacial score (nSPS) is 24.0. The van der Waals surface area contributed by atoms with Crippen molar-refractivity contribution in [2.24, 2.45) is 11.8 Å². The van der Waals surface area contributed by atoms with Crippen LogP contribution in [0, 0.1) is 25.7 Å². The fourth-order valence-corrected chi connectivity index (χ4v) is 3.34. The Morgan fingerprint density at radius 3 is 2.35 bits per heavy atom. The molecule has 2 amide bonds. The molecule has 0 radical (unpaired) electrons. The monoisotopic (exact) mass is 314 g/mol. The third-order valence-electron chi connectivity index (χ3n) is 5.14. The van der Waals surface area contributed by atoms with Crippen LogP contribution < -0.4 is 5.32 Å². The van der Waals surface area contributed by atoms with E-state index in [-0.39, 0.29) is 23.7 Å². The Balaban J connectivity index is 1.55. The van der Waals surface area contributed by atoms with Crippen molar-refractivity contribution < 1.29 is 9.59 Å². The maximum atomic E-state index is 12.5. The summed E-state index contributed by atoms with van der Waals surface area (Å²) in [7, 11) is 0. The van der Waals surface area contributed by atoms with E-state index in [0.29, 0.717) is 6.42 Å². The molecule has 4 heteroatoms. The lowest BCUT2D eigenvalue weighted by molar-refractivity contribution is -0.134. The van der Waals surface area contributed by atoms with Crippen LogP contribution in [-0.4, -0.2) is 29.8 Å². The number of rotatable bonds is 3. The van der Waals surface area contributed by atoms with Gasteiger partial charge in [0.25, 0.3) is 0 Å². The third kappa shape index (κ3) is 3.74. The number of aryl methyl sites for hydroxylation is 2. The highest BCUT2D eigenvalue weighted by Crippen LogP contribution is 2.41. The van der Waals surface area contributed by atoms with Gasteiger partial charge in [0.1, 0.15) is 0 Å². The number of carbonyl (C=O) groups excluding carboxylic acids is 2. The molecule has 124 valence electrons. The van der Waals surface area contributed by atoms with E-state index in [1.807, 2.05) is 30.0 Å². The number of anilines is 1. The lowest BCUT2D eigenvalue weighted by Gasteiger charge is -2.20. The largest absolute Gasteiger partial charge is 0.342 e. The van der Waals surface area contributed by atoms with E-state index in [0.717, 1.165) is 37.2 Å². The summed E-state index contributed by atoms with van der Waals surface area (Å²) in [5.41, 5.74) is 3.20. The van der Waals surface area contributed by atoms with Crippen LogP contribution in [0.15, 0.2) is 18.2 Å². The molecule has 1 heterocycles. The molecule has 1 N–H and O–H groups in total. The standard InChI is InChI=1S/C19H26N2O2/c1-13-7-8-15(11-14(13)2)20-18(22)16-12-17(16)19(23)21-9-5-3-4-6-10-21/h7-8,11,16-17H,3-6,9-10,12H2,1-2H3,(H,20,22). The zero-order chi connectivity index (χ0) is 16.4. The summed E-state index contributed by atoms with van der Waals surface area (Å²) in [5, 5.41) is 2.96. The van der Waals surface area contributed by atoms with Crippen molar-refractivity contribution in [3.63, 3.8) is 0 Å². The van der Waals surface area contributed by atoms with Crippen LogP contribution in [0.4, 0.5) is 5.69 Å². The van der Waals surface area contributed by atoms with Crippen LogP contribution in [-0.2, 0) is 9.59 Å². The predicted molar refractivity (Wildman–Crippen MR) is 91.2 cm³/mol. The zero-order valence-corrected chi connectivity index (χ0v) is 14.1. The second-order valence-electron chi connectivity index (χ2n) is 6.98. The highest BCUT2D eigenvalue weighted by molar-refractivity contribution is 5.99. The molecule has 1 aromatic rings. The second-order valence-corrected chi connectivity index (χ2v) is 6.98. The Hall–Kier alpha value is -1.84. The molecule has 1 aromatic carbocycles. The van der Waals surface area contributed by atoms with Crippen molar-refractivity contribution in [1.82, 2.24) is 4.90 Å². The number of likely N-dealkylation sites (tertiary alicyclic amines) is 1. The highest BCUT2D eigenvalue weighted by atomic mass is 16.2. The van der Waals surface area contributed by atoms with Gasteiger partial charge in [0.05, 0.1) is 11.8 Å². The van der Waals surface area contributed by atoms with Crippen LogP contribution in [0.25, 0.3) is 0 Å². The van der Waals surface area contributed by atoms with E-state index in [1.165, 1.54) is 18.4 Å². The van der Waals surface area contributed by atoms with E-state index in [2.05, 4.69) is 12.2 Å². The Bertz CT molecular complexity index is 603. The van der Waals surface area contributed by atoms with Crippen molar-refractivity contribution in [3.05, 3.63) is 29.3 Å². The van der Waals surface area contributed by atoms with Crippen molar-refractivity contribution in [3.8, 4) is 0 Å². The van der Waals surface area contributed by atoms with Crippen LogP contribution >= 0.6 is 0 Å². The number of nitrogens with one attached hydrogen (secondary N) is 1. The van der Waals surface area contributed by atoms with Gasteiger partial charge in [-0.25, -0.2) is 0 Å². The first kappa shape index (κ1) is 16.0. The van der Waals surface area contributed by atoms with Gasteiger partial charge < -0.3 is 10.2 Å². The molecule has 2 fully saturated rings. The Labute approximate surface area is 138 Å². The fourth-order valence-electron chi connectivity index (χ4n) is 3.34. The quantitative estimate of drug-likeness (QED) is 0.931. The Kier molecular flexibility index (Phi) is 4.69. The molecular weight excluding hydrogens is 288 g/mol. The molecule has 2 atom stereocenters. The smallest absolute Gasteiger partial charge is 0.228 e. The van der Waals surface area contributed by atoms with Gasteiger partial charge in [-0.05, 0) is 56.4 Å². The third-order valence-corrected chi connectivity index (χ3v) is 5.14. The molecule has 0 aromatic heterocycles. The number of nitrogens with zero attached hydrogens (tertiary/aromatic N) is 1. The molecule has 2 aliphatic rings. The van der Waals surface area contributed by atoms with Crippen LogP contribution in [0.5, 0.6) is 0 Å².